The van der Waals surface area contributed by atoms with Crippen molar-refractivity contribution in [2.45, 2.75) is 12.3 Å². The third-order valence-electron chi connectivity index (χ3n) is 4.18. The minimum absolute atomic E-state index is 0.0860. The normalized spacial score (nSPS) is 11.5. The van der Waals surface area contributed by atoms with Crippen molar-refractivity contribution in [3.05, 3.63) is 64.5 Å². The molecule has 9 heteroatoms. The van der Waals surface area contributed by atoms with Gasteiger partial charge in [-0.05, 0) is 23.8 Å². The van der Waals surface area contributed by atoms with Gasteiger partial charge in [-0.15, -0.1) is 11.8 Å². The molecule has 1 heterocycles. The molecule has 0 saturated heterocycles. The molecule has 0 unspecified atom stereocenters. The number of amides is 1. The molecule has 0 bridgehead atoms. The topological polar surface area (TPSA) is 87.0 Å². The molecule has 0 radical (unpaired) electrons. The molecule has 30 heavy (non-hydrogen) atoms. The van der Waals surface area contributed by atoms with Crippen molar-refractivity contribution in [1.82, 2.24) is 4.57 Å². The molecular weight excluding hydrogens is 424 g/mol. The van der Waals surface area contributed by atoms with Gasteiger partial charge in [-0.1, -0.05) is 41.7 Å². The number of thioether (sulfide) groups is 1. The van der Waals surface area contributed by atoms with Gasteiger partial charge in [0.05, 0.1) is 35.8 Å². The number of carbonyl (C=O) groups excluding carboxylic acids is 3. The second kappa shape index (κ2) is 10.2. The first-order chi connectivity index (χ1) is 14.5. The summed E-state index contributed by atoms with van der Waals surface area (Å²) < 4.78 is 11.9. The highest BCUT2D eigenvalue weighted by Crippen LogP contribution is 2.20. The quantitative estimate of drug-likeness (QED) is 0.521. The summed E-state index contributed by atoms with van der Waals surface area (Å²) in [5.74, 6) is -0.293. The highest BCUT2D eigenvalue weighted by molar-refractivity contribution is 7.99. The highest BCUT2D eigenvalue weighted by Gasteiger charge is 2.14. The van der Waals surface area contributed by atoms with Crippen molar-refractivity contribution in [3.63, 3.8) is 0 Å². The number of fused-ring (bicyclic) bond motifs is 1. The van der Waals surface area contributed by atoms with Crippen LogP contribution in [0.5, 0.6) is 0 Å². The minimum atomic E-state index is -0.461. The van der Waals surface area contributed by atoms with Crippen LogP contribution in [0.25, 0.3) is 10.2 Å². The molecule has 0 aliphatic heterocycles. The number of thiazole rings is 1. The van der Waals surface area contributed by atoms with Gasteiger partial charge in [0.25, 0.3) is 5.91 Å². The summed E-state index contributed by atoms with van der Waals surface area (Å²) in [7, 11) is 2.61. The highest BCUT2D eigenvalue weighted by atomic mass is 32.2. The minimum Gasteiger partial charge on any atom is -0.468 e. The number of hydrogen-bond donors (Lipinski definition) is 0. The lowest BCUT2D eigenvalue weighted by Gasteiger charge is -2.04. The summed E-state index contributed by atoms with van der Waals surface area (Å²) in [5.41, 5.74) is 2.20. The molecule has 0 N–H and O–H groups in total. The van der Waals surface area contributed by atoms with E-state index in [1.165, 1.54) is 37.3 Å². The SMILES string of the molecule is COC(=O)Cn1c(=NC(=O)CSCc2ccccc2)sc2cc(C(=O)OC)ccc21. The van der Waals surface area contributed by atoms with E-state index in [1.807, 2.05) is 30.3 Å². The van der Waals surface area contributed by atoms with Gasteiger partial charge >= 0.3 is 11.9 Å². The molecule has 156 valence electrons. The Bertz CT molecular complexity index is 1140. The predicted molar refractivity (Wildman–Crippen MR) is 116 cm³/mol. The fourth-order valence-corrected chi connectivity index (χ4v) is 4.57. The molecule has 0 aliphatic rings. The Kier molecular flexibility index (Phi) is 7.42. The number of rotatable bonds is 7. The third-order valence-corrected chi connectivity index (χ3v) is 6.21. The molecule has 3 rings (SSSR count). The zero-order valence-corrected chi connectivity index (χ0v) is 18.1. The first-order valence-electron chi connectivity index (χ1n) is 8.99. The molecular formula is C21H20N2O5S2. The van der Waals surface area contributed by atoms with Gasteiger partial charge in [0.1, 0.15) is 6.54 Å². The standard InChI is InChI=1S/C21H20N2O5S2/c1-27-19(25)11-23-16-9-8-15(20(26)28-2)10-17(16)30-21(23)22-18(24)13-29-12-14-6-4-3-5-7-14/h3-10H,11-13H2,1-2H3. The molecule has 2 aromatic carbocycles. The number of carbonyl (C=O) groups is 3. The summed E-state index contributed by atoms with van der Waals surface area (Å²) in [6, 6.07) is 14.8. The Morgan fingerprint density at radius 2 is 1.83 bits per heavy atom. The third kappa shape index (κ3) is 5.37. The van der Waals surface area contributed by atoms with E-state index in [0.717, 1.165) is 5.56 Å². The lowest BCUT2D eigenvalue weighted by atomic mass is 10.2. The molecule has 0 fully saturated rings. The number of esters is 2. The van der Waals surface area contributed by atoms with Crippen LogP contribution in [0.4, 0.5) is 0 Å². The van der Waals surface area contributed by atoms with Crippen molar-refractivity contribution in [3.8, 4) is 0 Å². The smallest absolute Gasteiger partial charge is 0.337 e. The first-order valence-corrected chi connectivity index (χ1v) is 11.0. The second-order valence-corrected chi connectivity index (χ2v) is 8.20. The van der Waals surface area contributed by atoms with E-state index < -0.39 is 11.9 Å². The van der Waals surface area contributed by atoms with Gasteiger partial charge in [-0.3, -0.25) is 9.59 Å². The number of methoxy groups -OCH3 is 2. The number of aromatic nitrogens is 1. The van der Waals surface area contributed by atoms with Crippen molar-refractivity contribution in [2.75, 3.05) is 20.0 Å². The molecule has 0 saturated carbocycles. The monoisotopic (exact) mass is 444 g/mol. The average molecular weight is 445 g/mol. The molecule has 0 spiro atoms. The van der Waals surface area contributed by atoms with Crippen LogP contribution in [0, 0.1) is 0 Å². The van der Waals surface area contributed by atoms with Crippen LogP contribution >= 0.6 is 23.1 Å². The number of nitrogens with zero attached hydrogens (tertiary/aromatic N) is 2. The maximum Gasteiger partial charge on any atom is 0.337 e. The summed E-state index contributed by atoms with van der Waals surface area (Å²) in [4.78, 5) is 40.7. The van der Waals surface area contributed by atoms with Crippen LogP contribution in [-0.4, -0.2) is 42.4 Å². The second-order valence-electron chi connectivity index (χ2n) is 6.20. The maximum atomic E-state index is 12.4. The Morgan fingerprint density at radius 1 is 1.07 bits per heavy atom. The van der Waals surface area contributed by atoms with Crippen molar-refractivity contribution >= 4 is 51.2 Å². The van der Waals surface area contributed by atoms with Gasteiger partial charge in [0.2, 0.25) is 0 Å². The fourth-order valence-electron chi connectivity index (χ4n) is 2.72. The van der Waals surface area contributed by atoms with E-state index in [2.05, 4.69) is 4.99 Å². The zero-order valence-electron chi connectivity index (χ0n) is 16.5. The van der Waals surface area contributed by atoms with E-state index in [4.69, 9.17) is 9.47 Å². The Balaban J connectivity index is 1.87. The van der Waals surface area contributed by atoms with Crippen LogP contribution in [0.15, 0.2) is 53.5 Å². The van der Waals surface area contributed by atoms with E-state index >= 15 is 0 Å². The lowest BCUT2D eigenvalue weighted by molar-refractivity contribution is -0.141. The van der Waals surface area contributed by atoms with E-state index in [1.54, 1.807) is 22.8 Å². The molecule has 0 aliphatic carbocycles. The molecule has 0 atom stereocenters. The zero-order chi connectivity index (χ0) is 21.5. The first kappa shape index (κ1) is 21.8. The van der Waals surface area contributed by atoms with Crippen molar-refractivity contribution < 1.29 is 23.9 Å². The molecule has 1 amide bonds. The average Bonchev–Trinajstić information content (AvgIpc) is 3.09. The maximum absolute atomic E-state index is 12.4. The Morgan fingerprint density at radius 3 is 2.53 bits per heavy atom. The number of hydrogen-bond acceptors (Lipinski definition) is 7. The van der Waals surface area contributed by atoms with Gasteiger partial charge in [-0.2, -0.15) is 4.99 Å². The van der Waals surface area contributed by atoms with Crippen molar-refractivity contribution in [1.29, 1.82) is 0 Å². The van der Waals surface area contributed by atoms with E-state index in [9.17, 15) is 14.4 Å². The summed E-state index contributed by atoms with van der Waals surface area (Å²) >= 11 is 2.70. The molecule has 1 aromatic heterocycles. The van der Waals surface area contributed by atoms with Crippen LogP contribution in [0.1, 0.15) is 15.9 Å². The van der Waals surface area contributed by atoms with Crippen LogP contribution in [0.3, 0.4) is 0 Å². The van der Waals surface area contributed by atoms with Gasteiger partial charge in [0.15, 0.2) is 4.80 Å². The van der Waals surface area contributed by atoms with E-state index in [-0.39, 0.29) is 18.2 Å². The van der Waals surface area contributed by atoms with Gasteiger partial charge in [0, 0.05) is 5.75 Å². The number of ether oxygens (including phenoxy) is 2. The lowest BCUT2D eigenvalue weighted by Crippen LogP contribution is -2.22. The summed E-state index contributed by atoms with van der Waals surface area (Å²) in [5, 5.41) is 0. The molecule has 3 aromatic rings. The number of benzene rings is 2. The van der Waals surface area contributed by atoms with Crippen LogP contribution in [-0.2, 0) is 31.4 Å². The van der Waals surface area contributed by atoms with Gasteiger partial charge in [-0.25, -0.2) is 4.79 Å². The van der Waals surface area contributed by atoms with E-state index in [0.29, 0.717) is 26.3 Å². The predicted octanol–water partition coefficient (Wildman–Crippen LogP) is 3.02. The fraction of sp³-hybridized carbons (Fsp3) is 0.238. The molecule has 7 nitrogen and oxygen atoms in total. The van der Waals surface area contributed by atoms with Gasteiger partial charge < -0.3 is 14.0 Å². The van der Waals surface area contributed by atoms with Crippen LogP contribution < -0.4 is 4.80 Å². The van der Waals surface area contributed by atoms with Crippen molar-refractivity contribution in [2.24, 2.45) is 4.99 Å². The summed E-state index contributed by atoms with van der Waals surface area (Å²) in [6.07, 6.45) is 0. The summed E-state index contributed by atoms with van der Waals surface area (Å²) in [6.45, 7) is -0.0860. The van der Waals surface area contributed by atoms with Crippen LogP contribution in [0.2, 0.25) is 0 Å². The largest absolute Gasteiger partial charge is 0.468 e. The Hall–Kier alpha value is -2.91. The Labute approximate surface area is 181 Å².